The van der Waals surface area contributed by atoms with Crippen LogP contribution in [0.1, 0.15) is 0 Å². The minimum absolute atomic E-state index is 0.181. The third kappa shape index (κ3) is 4.88. The molecule has 0 aromatic rings. The van der Waals surface area contributed by atoms with Gasteiger partial charge in [-0.15, -0.1) is 0 Å². The normalized spacial score (nSPS) is 51.7. The van der Waals surface area contributed by atoms with Gasteiger partial charge in [0.25, 0.3) is 0 Å². The zero-order valence-electron chi connectivity index (χ0n) is 15.6. The van der Waals surface area contributed by atoms with E-state index < -0.39 is 73.8 Å². The topological polar surface area (TPSA) is 197 Å². The number of rotatable bonds is 5. The Labute approximate surface area is 165 Å². The lowest BCUT2D eigenvalue weighted by atomic mass is 10.0. The SMILES string of the molecule is CO[C@@H]1OC[C@@H](O[C@@H]2OC[C@@H](O)[C@H](O)[C@H]2O)[C@H](O[C@@H]2OC[C@@H](O)[C@H](O)[C@H]2O)[C@H]1O. The van der Waals surface area contributed by atoms with Gasteiger partial charge in [-0.1, -0.05) is 0 Å². The van der Waals surface area contributed by atoms with Crippen LogP contribution in [0.25, 0.3) is 0 Å². The van der Waals surface area contributed by atoms with Crippen molar-refractivity contribution in [2.45, 2.75) is 73.8 Å². The molecule has 0 radical (unpaired) electrons. The van der Waals surface area contributed by atoms with Crippen LogP contribution in [-0.4, -0.2) is 136 Å². The molecule has 3 aliphatic rings. The van der Waals surface area contributed by atoms with Gasteiger partial charge < -0.3 is 64.2 Å². The average Bonchev–Trinajstić information content (AvgIpc) is 2.71. The lowest BCUT2D eigenvalue weighted by Crippen LogP contribution is -2.62. The summed E-state index contributed by atoms with van der Waals surface area (Å²) in [5, 5.41) is 69.4. The molecule has 3 fully saturated rings. The maximum atomic E-state index is 10.5. The van der Waals surface area contributed by atoms with Crippen LogP contribution in [0.15, 0.2) is 0 Å². The van der Waals surface area contributed by atoms with E-state index in [1.807, 2.05) is 0 Å². The highest BCUT2D eigenvalue weighted by molar-refractivity contribution is 4.91. The van der Waals surface area contributed by atoms with Crippen LogP contribution in [0, 0.1) is 0 Å². The van der Waals surface area contributed by atoms with Gasteiger partial charge in [0.2, 0.25) is 0 Å². The van der Waals surface area contributed by atoms with Crippen molar-refractivity contribution in [2.75, 3.05) is 26.9 Å². The van der Waals surface area contributed by atoms with Gasteiger partial charge in [0.15, 0.2) is 18.9 Å². The Morgan fingerprint density at radius 3 is 1.59 bits per heavy atom. The molecule has 0 spiro atoms. The number of aliphatic hydroxyl groups is 7. The van der Waals surface area contributed by atoms with Crippen molar-refractivity contribution >= 4 is 0 Å². The van der Waals surface area contributed by atoms with E-state index in [0.717, 1.165) is 0 Å². The fourth-order valence-electron chi connectivity index (χ4n) is 3.38. The number of methoxy groups -OCH3 is 1. The first-order valence-electron chi connectivity index (χ1n) is 9.19. The monoisotopic (exact) mass is 428 g/mol. The van der Waals surface area contributed by atoms with Crippen molar-refractivity contribution in [3.8, 4) is 0 Å². The molecule has 3 aliphatic heterocycles. The maximum Gasteiger partial charge on any atom is 0.186 e. The second kappa shape index (κ2) is 9.74. The molecule has 13 nitrogen and oxygen atoms in total. The fraction of sp³-hybridized carbons (Fsp3) is 1.00. The van der Waals surface area contributed by atoms with E-state index in [1.165, 1.54) is 7.11 Å². The Hall–Kier alpha value is -0.520. The van der Waals surface area contributed by atoms with Crippen molar-refractivity contribution in [3.63, 3.8) is 0 Å². The van der Waals surface area contributed by atoms with Gasteiger partial charge in [-0.05, 0) is 0 Å². The van der Waals surface area contributed by atoms with Crippen LogP contribution >= 0.6 is 0 Å². The van der Waals surface area contributed by atoms with Crippen LogP contribution in [0.3, 0.4) is 0 Å². The summed E-state index contributed by atoms with van der Waals surface area (Å²) in [6.07, 6.45) is -16.4. The van der Waals surface area contributed by atoms with Gasteiger partial charge in [0, 0.05) is 7.11 Å². The fourth-order valence-corrected chi connectivity index (χ4v) is 3.38. The Balaban J connectivity index is 1.71. The lowest BCUT2D eigenvalue weighted by molar-refractivity contribution is -0.358. The Morgan fingerprint density at radius 2 is 1.07 bits per heavy atom. The quantitative estimate of drug-likeness (QED) is 0.220. The third-order valence-corrected chi connectivity index (χ3v) is 5.15. The van der Waals surface area contributed by atoms with Crippen molar-refractivity contribution in [1.29, 1.82) is 0 Å². The van der Waals surface area contributed by atoms with E-state index in [1.54, 1.807) is 0 Å². The molecule has 13 heteroatoms. The molecule has 3 rings (SSSR count). The molecule has 7 N–H and O–H groups in total. The maximum absolute atomic E-state index is 10.5. The molecule has 0 aromatic carbocycles. The number of hydrogen-bond donors (Lipinski definition) is 7. The molecule has 29 heavy (non-hydrogen) atoms. The minimum atomic E-state index is -1.61. The molecular weight excluding hydrogens is 400 g/mol. The molecule has 3 saturated heterocycles. The predicted octanol–water partition coefficient (Wildman–Crippen LogP) is -5.00. The van der Waals surface area contributed by atoms with Crippen LogP contribution < -0.4 is 0 Å². The van der Waals surface area contributed by atoms with E-state index in [2.05, 4.69) is 0 Å². The summed E-state index contributed by atoms with van der Waals surface area (Å²) >= 11 is 0. The van der Waals surface area contributed by atoms with Crippen LogP contribution in [0.4, 0.5) is 0 Å². The van der Waals surface area contributed by atoms with Crippen molar-refractivity contribution in [1.82, 2.24) is 0 Å². The zero-order chi connectivity index (χ0) is 21.3. The van der Waals surface area contributed by atoms with Crippen LogP contribution in [0.2, 0.25) is 0 Å². The number of hydrogen-bond acceptors (Lipinski definition) is 13. The highest BCUT2D eigenvalue weighted by Gasteiger charge is 2.49. The first-order valence-corrected chi connectivity index (χ1v) is 9.19. The highest BCUT2D eigenvalue weighted by atomic mass is 16.8. The van der Waals surface area contributed by atoms with Gasteiger partial charge in [-0.25, -0.2) is 0 Å². The van der Waals surface area contributed by atoms with E-state index in [4.69, 9.17) is 28.4 Å². The van der Waals surface area contributed by atoms with E-state index >= 15 is 0 Å². The molecule has 0 aliphatic carbocycles. The summed E-state index contributed by atoms with van der Waals surface area (Å²) in [7, 11) is 1.30. The second-order valence-corrected chi connectivity index (χ2v) is 7.20. The smallest absolute Gasteiger partial charge is 0.186 e. The van der Waals surface area contributed by atoms with E-state index in [9.17, 15) is 35.7 Å². The second-order valence-electron chi connectivity index (χ2n) is 7.20. The van der Waals surface area contributed by atoms with Gasteiger partial charge in [-0.2, -0.15) is 0 Å². The van der Waals surface area contributed by atoms with Gasteiger partial charge in [0.1, 0.15) is 54.9 Å². The molecule has 0 saturated carbocycles. The predicted molar refractivity (Wildman–Crippen MR) is 88.0 cm³/mol. The largest absolute Gasteiger partial charge is 0.388 e. The van der Waals surface area contributed by atoms with Gasteiger partial charge in [0.05, 0.1) is 19.8 Å². The number of ether oxygens (including phenoxy) is 6. The first kappa shape index (κ1) is 23.1. The molecule has 0 amide bonds. The molecular formula is C16H28O13. The third-order valence-electron chi connectivity index (χ3n) is 5.15. The van der Waals surface area contributed by atoms with E-state index in [0.29, 0.717) is 0 Å². The summed E-state index contributed by atoms with van der Waals surface area (Å²) in [6.45, 7) is -0.783. The Kier molecular flexibility index (Phi) is 7.77. The van der Waals surface area contributed by atoms with Gasteiger partial charge >= 0.3 is 0 Å². The molecule has 0 aromatic heterocycles. The molecule has 3 heterocycles. The Bertz CT molecular complexity index is 523. The summed E-state index contributed by atoms with van der Waals surface area (Å²) in [5.41, 5.74) is 0. The minimum Gasteiger partial charge on any atom is -0.388 e. The summed E-state index contributed by atoms with van der Waals surface area (Å²) in [5.74, 6) is 0. The summed E-state index contributed by atoms with van der Waals surface area (Å²) < 4.78 is 32.0. The van der Waals surface area contributed by atoms with Crippen molar-refractivity contribution in [3.05, 3.63) is 0 Å². The molecule has 12 atom stereocenters. The molecule has 170 valence electrons. The van der Waals surface area contributed by atoms with Crippen LogP contribution in [0.5, 0.6) is 0 Å². The van der Waals surface area contributed by atoms with Gasteiger partial charge in [-0.3, -0.25) is 0 Å². The molecule has 0 unspecified atom stereocenters. The van der Waals surface area contributed by atoms with Crippen molar-refractivity contribution < 1.29 is 64.2 Å². The lowest BCUT2D eigenvalue weighted by Gasteiger charge is -2.45. The zero-order valence-corrected chi connectivity index (χ0v) is 15.6. The number of aliphatic hydroxyl groups excluding tert-OH is 7. The first-order chi connectivity index (χ1) is 13.7. The highest BCUT2D eigenvalue weighted by Crippen LogP contribution is 2.28. The standard InChI is InChI=1S/C16H28O13/c1-24-14-12(23)13(29-16-11(22)9(20)6(18)3-26-16)7(4-27-14)28-15-10(21)8(19)5(17)2-25-15/h5-23H,2-4H2,1H3/t5-,6-,7-,8+,9+,10-,11-,12-,13+,14-,15+,16+/m1/s1. The average molecular weight is 428 g/mol. The summed E-state index contributed by atoms with van der Waals surface area (Å²) in [6, 6.07) is 0. The van der Waals surface area contributed by atoms with Crippen molar-refractivity contribution in [2.24, 2.45) is 0 Å². The van der Waals surface area contributed by atoms with E-state index in [-0.39, 0.29) is 19.8 Å². The molecule has 0 bridgehead atoms. The van der Waals surface area contributed by atoms with Crippen LogP contribution in [-0.2, 0) is 28.4 Å². The summed E-state index contributed by atoms with van der Waals surface area (Å²) in [4.78, 5) is 0. The Morgan fingerprint density at radius 1 is 0.586 bits per heavy atom.